The van der Waals surface area contributed by atoms with Crippen molar-refractivity contribution in [3.63, 3.8) is 0 Å². The summed E-state index contributed by atoms with van der Waals surface area (Å²) >= 11 is 0. The predicted octanol–water partition coefficient (Wildman–Crippen LogP) is 7.38. The minimum atomic E-state index is -1.41. The van der Waals surface area contributed by atoms with Crippen molar-refractivity contribution < 1.29 is 31.8 Å². The molecule has 0 aliphatic heterocycles. The van der Waals surface area contributed by atoms with Crippen molar-refractivity contribution in [1.29, 1.82) is 0 Å². The van der Waals surface area contributed by atoms with Crippen LogP contribution in [0.15, 0.2) is 35.9 Å². The Bertz CT molecular complexity index is 1110. The van der Waals surface area contributed by atoms with Crippen molar-refractivity contribution in [2.45, 2.75) is 52.4 Å². The molecule has 2 aromatic rings. The van der Waals surface area contributed by atoms with Crippen LogP contribution in [0.4, 0.5) is 17.6 Å². The molecule has 1 saturated carbocycles. The Hall–Kier alpha value is -2.83. The highest BCUT2D eigenvalue weighted by molar-refractivity contribution is 5.77. The maximum absolute atomic E-state index is 14.8. The molecule has 0 amide bonds. The topological polar surface area (TPSA) is 35.5 Å². The van der Waals surface area contributed by atoms with Crippen LogP contribution in [0.1, 0.15) is 52.4 Å². The van der Waals surface area contributed by atoms with Gasteiger partial charge in [0.25, 0.3) is 0 Å². The molecule has 3 atom stereocenters. The standard InChI is InChI=1S/C27H28F4O3/c1-3-5-15-6-7-17-16(15)8-9-20(17)27(32)34-22-13-11-19(24(29)26(22)31)18-10-12-21(33-14-4-2)25(30)23(18)28/h6,10-13,16-17,20H,3-5,7-9,14H2,1-2H3. The van der Waals surface area contributed by atoms with Crippen molar-refractivity contribution >= 4 is 5.97 Å². The van der Waals surface area contributed by atoms with E-state index >= 15 is 0 Å². The first-order chi connectivity index (χ1) is 16.4. The number of fused-ring (bicyclic) bond motifs is 1. The molecule has 0 N–H and O–H groups in total. The fourth-order valence-corrected chi connectivity index (χ4v) is 5.23. The fourth-order valence-electron chi connectivity index (χ4n) is 5.23. The lowest BCUT2D eigenvalue weighted by atomic mass is 9.88. The number of hydrogen-bond donors (Lipinski definition) is 0. The molecule has 0 spiro atoms. The van der Waals surface area contributed by atoms with Crippen LogP contribution in [-0.4, -0.2) is 12.6 Å². The van der Waals surface area contributed by atoms with Crippen molar-refractivity contribution in [1.82, 2.24) is 0 Å². The minimum Gasteiger partial charge on any atom is -0.490 e. The van der Waals surface area contributed by atoms with Crippen molar-refractivity contribution in [2.75, 3.05) is 6.61 Å². The van der Waals surface area contributed by atoms with Gasteiger partial charge in [0.2, 0.25) is 11.6 Å². The quantitative estimate of drug-likeness (QED) is 0.173. The maximum Gasteiger partial charge on any atom is 0.314 e. The number of halogens is 4. The summed E-state index contributed by atoms with van der Waals surface area (Å²) in [6.45, 7) is 4.12. The smallest absolute Gasteiger partial charge is 0.314 e. The molecule has 0 aromatic heterocycles. The van der Waals surface area contributed by atoms with Gasteiger partial charge in [-0.2, -0.15) is 8.78 Å². The lowest BCUT2D eigenvalue weighted by Crippen LogP contribution is -2.25. The SMILES string of the molecule is CCCOc1ccc(-c2ccc(OC(=O)C3CCC4C(CCC)=CCC34)c(F)c2F)c(F)c1F. The summed E-state index contributed by atoms with van der Waals surface area (Å²) in [6.07, 6.45) is 7.16. The average Bonchev–Trinajstić information content (AvgIpc) is 3.42. The van der Waals surface area contributed by atoms with Crippen molar-refractivity contribution in [2.24, 2.45) is 17.8 Å². The lowest BCUT2D eigenvalue weighted by Gasteiger charge is -2.19. The predicted molar refractivity (Wildman–Crippen MR) is 120 cm³/mol. The summed E-state index contributed by atoms with van der Waals surface area (Å²) in [6, 6.07) is 4.46. The lowest BCUT2D eigenvalue weighted by molar-refractivity contribution is -0.140. The number of carbonyl (C=O) groups excluding carboxylic acids is 1. The zero-order valence-electron chi connectivity index (χ0n) is 19.3. The molecule has 1 fully saturated rings. The van der Waals surface area contributed by atoms with E-state index in [1.165, 1.54) is 11.6 Å². The molecule has 0 heterocycles. The first-order valence-corrected chi connectivity index (χ1v) is 11.9. The van der Waals surface area contributed by atoms with Crippen LogP contribution < -0.4 is 9.47 Å². The van der Waals surface area contributed by atoms with Gasteiger partial charge in [0.05, 0.1) is 12.5 Å². The molecule has 0 radical (unpaired) electrons. The third kappa shape index (κ3) is 4.44. The van der Waals surface area contributed by atoms with E-state index in [2.05, 4.69) is 13.0 Å². The Morgan fingerprint density at radius 2 is 1.53 bits per heavy atom. The molecule has 3 nitrogen and oxygen atoms in total. The number of allylic oxidation sites excluding steroid dienone is 2. The van der Waals surface area contributed by atoms with Crippen LogP contribution in [0.3, 0.4) is 0 Å². The number of ether oxygens (including phenoxy) is 2. The van der Waals surface area contributed by atoms with E-state index in [-0.39, 0.29) is 24.2 Å². The molecule has 7 heteroatoms. The van der Waals surface area contributed by atoms with Crippen LogP contribution in [0.5, 0.6) is 11.5 Å². The van der Waals surface area contributed by atoms with Crippen LogP contribution in [0.25, 0.3) is 11.1 Å². The number of esters is 1. The minimum absolute atomic E-state index is 0.131. The second kappa shape index (κ2) is 10.2. The number of benzene rings is 2. The summed E-state index contributed by atoms with van der Waals surface area (Å²) in [4.78, 5) is 12.8. The zero-order chi connectivity index (χ0) is 24.4. The first-order valence-electron chi connectivity index (χ1n) is 11.9. The molecule has 4 rings (SSSR count). The molecule has 2 aliphatic carbocycles. The number of rotatable bonds is 8. The Kier molecular flexibility index (Phi) is 7.29. The van der Waals surface area contributed by atoms with Gasteiger partial charge in [0.1, 0.15) is 0 Å². The largest absolute Gasteiger partial charge is 0.490 e. The van der Waals surface area contributed by atoms with Gasteiger partial charge in [-0.05, 0) is 68.2 Å². The molecule has 182 valence electrons. The van der Waals surface area contributed by atoms with E-state index < -0.39 is 46.1 Å². The van der Waals surface area contributed by atoms with Gasteiger partial charge in [0.15, 0.2) is 23.1 Å². The second-order valence-corrected chi connectivity index (χ2v) is 8.97. The van der Waals surface area contributed by atoms with E-state index in [1.54, 1.807) is 0 Å². The Morgan fingerprint density at radius 3 is 2.18 bits per heavy atom. The Balaban J connectivity index is 1.52. The number of carbonyl (C=O) groups is 1. The van der Waals surface area contributed by atoms with Crippen molar-refractivity contribution in [3.8, 4) is 22.6 Å². The fraction of sp³-hybridized carbons (Fsp3) is 0.444. The third-order valence-corrected chi connectivity index (χ3v) is 6.85. The maximum atomic E-state index is 14.8. The number of hydrogen-bond acceptors (Lipinski definition) is 3. The Morgan fingerprint density at radius 1 is 0.882 bits per heavy atom. The van der Waals surface area contributed by atoms with Crippen LogP contribution >= 0.6 is 0 Å². The molecule has 2 aromatic carbocycles. The van der Waals surface area contributed by atoms with Gasteiger partial charge in [-0.3, -0.25) is 4.79 Å². The van der Waals surface area contributed by atoms with E-state index in [0.29, 0.717) is 18.8 Å². The summed E-state index contributed by atoms with van der Waals surface area (Å²) in [5.74, 6) is -6.78. The summed E-state index contributed by atoms with van der Waals surface area (Å²) in [5, 5.41) is 0. The summed E-state index contributed by atoms with van der Waals surface area (Å²) in [7, 11) is 0. The molecule has 34 heavy (non-hydrogen) atoms. The van der Waals surface area contributed by atoms with Gasteiger partial charge < -0.3 is 9.47 Å². The molecule has 0 bridgehead atoms. The van der Waals surface area contributed by atoms with E-state index in [0.717, 1.165) is 43.9 Å². The highest BCUT2D eigenvalue weighted by Gasteiger charge is 2.44. The summed E-state index contributed by atoms with van der Waals surface area (Å²) < 4.78 is 68.9. The third-order valence-electron chi connectivity index (χ3n) is 6.85. The van der Waals surface area contributed by atoms with Crippen LogP contribution in [0.2, 0.25) is 0 Å². The molecular formula is C27H28F4O3. The van der Waals surface area contributed by atoms with Crippen LogP contribution in [0, 0.1) is 41.0 Å². The van der Waals surface area contributed by atoms with E-state index in [9.17, 15) is 22.4 Å². The first kappa shape index (κ1) is 24.3. The van der Waals surface area contributed by atoms with Gasteiger partial charge in [-0.15, -0.1) is 0 Å². The van der Waals surface area contributed by atoms with E-state index in [1.807, 2.05) is 6.92 Å². The highest BCUT2D eigenvalue weighted by Crippen LogP contribution is 2.49. The Labute approximate surface area is 196 Å². The van der Waals surface area contributed by atoms with E-state index in [4.69, 9.17) is 9.47 Å². The molecular weight excluding hydrogens is 448 g/mol. The van der Waals surface area contributed by atoms with Crippen molar-refractivity contribution in [3.05, 3.63) is 59.2 Å². The molecule has 3 unspecified atom stereocenters. The van der Waals surface area contributed by atoms with Gasteiger partial charge >= 0.3 is 5.97 Å². The second-order valence-electron chi connectivity index (χ2n) is 8.97. The van der Waals surface area contributed by atoms with Crippen LogP contribution in [-0.2, 0) is 4.79 Å². The van der Waals surface area contributed by atoms with Gasteiger partial charge in [-0.1, -0.05) is 31.9 Å². The summed E-state index contributed by atoms with van der Waals surface area (Å²) in [5.41, 5.74) is 0.459. The monoisotopic (exact) mass is 476 g/mol. The average molecular weight is 477 g/mol. The molecule has 0 saturated heterocycles. The van der Waals surface area contributed by atoms with Gasteiger partial charge in [-0.25, -0.2) is 8.78 Å². The zero-order valence-corrected chi connectivity index (χ0v) is 19.3. The highest BCUT2D eigenvalue weighted by atomic mass is 19.2. The van der Waals surface area contributed by atoms with Gasteiger partial charge in [0, 0.05) is 11.1 Å². The molecule has 2 aliphatic rings. The normalized spacial score (nSPS) is 21.4.